The van der Waals surface area contributed by atoms with Gasteiger partial charge in [-0.3, -0.25) is 4.79 Å². The summed E-state index contributed by atoms with van der Waals surface area (Å²) in [6, 6.07) is 3.07. The Bertz CT molecular complexity index is 483. The number of nitrogens with zero attached hydrogens (tertiary/aromatic N) is 3. The molecule has 0 saturated carbocycles. The van der Waals surface area contributed by atoms with Crippen LogP contribution in [-0.2, 0) is 4.79 Å². The number of pyridine rings is 1. The molecule has 1 aliphatic rings. The van der Waals surface area contributed by atoms with E-state index in [9.17, 15) is 9.18 Å². The molecule has 4 nitrogen and oxygen atoms in total. The summed E-state index contributed by atoms with van der Waals surface area (Å²) in [5, 5.41) is 0. The molecule has 1 saturated heterocycles. The van der Waals surface area contributed by atoms with Crippen LogP contribution in [0.1, 0.15) is 39.5 Å². The Morgan fingerprint density at radius 3 is 2.64 bits per heavy atom. The second-order valence-electron chi connectivity index (χ2n) is 5.84. The van der Waals surface area contributed by atoms with Gasteiger partial charge in [-0.05, 0) is 51.2 Å². The minimum absolute atomic E-state index is 0.252. The van der Waals surface area contributed by atoms with Crippen molar-refractivity contribution in [2.24, 2.45) is 5.92 Å². The third-order valence-electron chi connectivity index (χ3n) is 4.54. The van der Waals surface area contributed by atoms with Crippen molar-refractivity contribution >= 4 is 11.7 Å². The maximum absolute atomic E-state index is 13.7. The second-order valence-corrected chi connectivity index (χ2v) is 5.84. The molecule has 0 atom stereocenters. The van der Waals surface area contributed by atoms with E-state index in [1.165, 1.54) is 6.07 Å². The van der Waals surface area contributed by atoms with Crippen LogP contribution in [0.2, 0.25) is 0 Å². The van der Waals surface area contributed by atoms with Crippen molar-refractivity contribution in [1.29, 1.82) is 0 Å². The third kappa shape index (κ3) is 4.18. The van der Waals surface area contributed by atoms with E-state index in [4.69, 9.17) is 0 Å². The fraction of sp³-hybridized carbons (Fsp3) is 0.647. The van der Waals surface area contributed by atoms with Gasteiger partial charge in [-0.1, -0.05) is 0 Å². The van der Waals surface area contributed by atoms with Gasteiger partial charge in [-0.15, -0.1) is 0 Å². The monoisotopic (exact) mass is 307 g/mol. The number of aromatic nitrogens is 1. The number of carbonyl (C=O) groups is 1. The van der Waals surface area contributed by atoms with E-state index in [1.54, 1.807) is 12.3 Å². The van der Waals surface area contributed by atoms with Crippen molar-refractivity contribution in [2.75, 3.05) is 31.1 Å². The highest BCUT2D eigenvalue weighted by Gasteiger charge is 2.23. The lowest BCUT2D eigenvalue weighted by Gasteiger charge is -2.33. The van der Waals surface area contributed by atoms with E-state index in [-0.39, 0.29) is 11.7 Å². The SMILES string of the molecule is CCN(CC)C(=O)CCC1CCN(c2ncccc2F)CC1. The number of hydrogen-bond acceptors (Lipinski definition) is 3. The zero-order valence-electron chi connectivity index (χ0n) is 13.6. The Balaban J connectivity index is 1.78. The fourth-order valence-corrected chi connectivity index (χ4v) is 3.11. The number of anilines is 1. The zero-order chi connectivity index (χ0) is 15.9. The summed E-state index contributed by atoms with van der Waals surface area (Å²) in [6.45, 7) is 7.23. The van der Waals surface area contributed by atoms with Gasteiger partial charge >= 0.3 is 0 Å². The molecule has 1 aromatic rings. The van der Waals surface area contributed by atoms with Gasteiger partial charge in [0.15, 0.2) is 11.6 Å². The van der Waals surface area contributed by atoms with Crippen molar-refractivity contribution in [3.05, 3.63) is 24.1 Å². The number of carbonyl (C=O) groups excluding carboxylic acids is 1. The Labute approximate surface area is 132 Å². The fourth-order valence-electron chi connectivity index (χ4n) is 3.11. The van der Waals surface area contributed by atoms with Crippen molar-refractivity contribution in [1.82, 2.24) is 9.88 Å². The van der Waals surface area contributed by atoms with Crippen LogP contribution >= 0.6 is 0 Å². The molecule has 1 aliphatic heterocycles. The average Bonchev–Trinajstić information content (AvgIpc) is 2.55. The highest BCUT2D eigenvalue weighted by atomic mass is 19.1. The summed E-state index contributed by atoms with van der Waals surface area (Å²) in [6.07, 6.45) is 5.20. The van der Waals surface area contributed by atoms with E-state index < -0.39 is 0 Å². The van der Waals surface area contributed by atoms with Gasteiger partial charge in [0.2, 0.25) is 5.91 Å². The molecular formula is C17H26FN3O. The average molecular weight is 307 g/mol. The van der Waals surface area contributed by atoms with Gasteiger partial charge in [-0.25, -0.2) is 9.37 Å². The molecule has 2 heterocycles. The quantitative estimate of drug-likeness (QED) is 0.810. The van der Waals surface area contributed by atoms with Crippen LogP contribution in [0.15, 0.2) is 18.3 Å². The van der Waals surface area contributed by atoms with E-state index in [2.05, 4.69) is 4.98 Å². The molecule has 0 aromatic carbocycles. The summed E-state index contributed by atoms with van der Waals surface area (Å²) in [5.74, 6) is 1.02. The lowest BCUT2D eigenvalue weighted by Crippen LogP contribution is -2.35. The lowest BCUT2D eigenvalue weighted by atomic mass is 9.92. The summed E-state index contributed by atoms with van der Waals surface area (Å²) >= 11 is 0. The van der Waals surface area contributed by atoms with Crippen molar-refractivity contribution in [3.8, 4) is 0 Å². The number of hydrogen-bond donors (Lipinski definition) is 0. The minimum Gasteiger partial charge on any atom is -0.354 e. The molecule has 0 spiro atoms. The Morgan fingerprint density at radius 1 is 1.36 bits per heavy atom. The molecule has 1 fully saturated rings. The van der Waals surface area contributed by atoms with Gasteiger partial charge in [-0.2, -0.15) is 0 Å². The molecule has 0 unspecified atom stereocenters. The Hall–Kier alpha value is -1.65. The van der Waals surface area contributed by atoms with Crippen LogP contribution in [0.3, 0.4) is 0 Å². The molecule has 122 valence electrons. The van der Waals surface area contributed by atoms with E-state index >= 15 is 0 Å². The van der Waals surface area contributed by atoms with Crippen LogP contribution in [0.4, 0.5) is 10.2 Å². The van der Waals surface area contributed by atoms with Crippen LogP contribution in [0.5, 0.6) is 0 Å². The summed E-state index contributed by atoms with van der Waals surface area (Å²) in [5.41, 5.74) is 0. The van der Waals surface area contributed by atoms with Crippen molar-refractivity contribution < 1.29 is 9.18 Å². The second kappa shape index (κ2) is 8.11. The predicted octanol–water partition coefficient (Wildman–Crippen LogP) is 3.09. The Morgan fingerprint density at radius 2 is 2.05 bits per heavy atom. The van der Waals surface area contributed by atoms with Crippen LogP contribution in [0, 0.1) is 11.7 Å². The van der Waals surface area contributed by atoms with Gasteiger partial charge < -0.3 is 9.80 Å². The lowest BCUT2D eigenvalue weighted by molar-refractivity contribution is -0.131. The Kier molecular flexibility index (Phi) is 6.16. The van der Waals surface area contributed by atoms with Gasteiger partial charge in [0.1, 0.15) is 0 Å². The smallest absolute Gasteiger partial charge is 0.222 e. The van der Waals surface area contributed by atoms with Crippen molar-refractivity contribution in [2.45, 2.75) is 39.5 Å². The first-order valence-corrected chi connectivity index (χ1v) is 8.28. The number of rotatable bonds is 6. The molecule has 0 aliphatic carbocycles. The molecular weight excluding hydrogens is 281 g/mol. The highest BCUT2D eigenvalue weighted by molar-refractivity contribution is 5.76. The standard InChI is InChI=1S/C17H26FN3O/c1-3-20(4-2)16(22)8-7-14-9-12-21(13-10-14)17-15(18)6-5-11-19-17/h5-6,11,14H,3-4,7-10,12-13H2,1-2H3. The first kappa shape index (κ1) is 16.7. The molecule has 0 N–H and O–H groups in total. The maximum atomic E-state index is 13.7. The molecule has 0 radical (unpaired) electrons. The molecule has 22 heavy (non-hydrogen) atoms. The molecule has 2 rings (SSSR count). The van der Waals surface area contributed by atoms with Gasteiger partial charge in [0.05, 0.1) is 0 Å². The summed E-state index contributed by atoms with van der Waals surface area (Å²) in [4.78, 5) is 20.1. The summed E-state index contributed by atoms with van der Waals surface area (Å²) in [7, 11) is 0. The third-order valence-corrected chi connectivity index (χ3v) is 4.54. The topological polar surface area (TPSA) is 36.4 Å². The van der Waals surface area contributed by atoms with Gasteiger partial charge in [0, 0.05) is 38.8 Å². The first-order valence-electron chi connectivity index (χ1n) is 8.28. The van der Waals surface area contributed by atoms with E-state index in [0.29, 0.717) is 18.2 Å². The predicted molar refractivity (Wildman–Crippen MR) is 86.3 cm³/mol. The molecule has 0 bridgehead atoms. The van der Waals surface area contributed by atoms with E-state index in [1.807, 2.05) is 23.6 Å². The highest BCUT2D eigenvalue weighted by Crippen LogP contribution is 2.26. The van der Waals surface area contributed by atoms with Crippen LogP contribution < -0.4 is 4.90 Å². The minimum atomic E-state index is -0.252. The van der Waals surface area contributed by atoms with Gasteiger partial charge in [0.25, 0.3) is 0 Å². The van der Waals surface area contributed by atoms with E-state index in [0.717, 1.165) is 45.4 Å². The number of piperidine rings is 1. The molecule has 1 aromatic heterocycles. The largest absolute Gasteiger partial charge is 0.354 e. The summed E-state index contributed by atoms with van der Waals surface area (Å²) < 4.78 is 13.7. The number of amides is 1. The maximum Gasteiger partial charge on any atom is 0.222 e. The normalized spacial score (nSPS) is 15.9. The van der Waals surface area contributed by atoms with Crippen LogP contribution in [0.25, 0.3) is 0 Å². The first-order chi connectivity index (χ1) is 10.7. The molecule has 1 amide bonds. The molecule has 5 heteroatoms. The van der Waals surface area contributed by atoms with Crippen LogP contribution in [-0.4, -0.2) is 42.0 Å². The zero-order valence-corrected chi connectivity index (χ0v) is 13.6. The number of halogens is 1. The van der Waals surface area contributed by atoms with Crippen molar-refractivity contribution in [3.63, 3.8) is 0 Å².